The number of benzene rings is 2. The SMILES string of the molecule is [2H]C([2H])N1CCC(OC(=O)C(OC([2H])([2H])C([2H])([2H])C([2H])([2H])[2H])(c2ccccc2)c2ccccc2)CC1. The third-order valence-corrected chi connectivity index (χ3v) is 4.65. The van der Waals surface area contributed by atoms with Gasteiger partial charge in [0.2, 0.25) is 5.60 Å². The number of likely N-dealkylation sites (tertiary alicyclic amines) is 1. The molecular weight excluding hydrogens is 338 g/mol. The third kappa shape index (κ3) is 4.40. The molecule has 27 heavy (non-hydrogen) atoms. The van der Waals surface area contributed by atoms with E-state index < -0.39 is 44.5 Å². The molecule has 2 aromatic carbocycles. The zero-order valence-electron chi connectivity index (χ0n) is 23.9. The molecule has 4 heteroatoms. The zero-order chi connectivity index (χ0) is 26.8. The van der Waals surface area contributed by atoms with Crippen LogP contribution in [0.3, 0.4) is 0 Å². The summed E-state index contributed by atoms with van der Waals surface area (Å²) in [6.07, 6.45) is -3.42. The molecule has 2 aromatic rings. The lowest BCUT2D eigenvalue weighted by atomic mass is 9.85. The van der Waals surface area contributed by atoms with Gasteiger partial charge < -0.3 is 14.4 Å². The first-order valence-electron chi connectivity index (χ1n) is 13.5. The van der Waals surface area contributed by atoms with Crippen molar-refractivity contribution in [1.82, 2.24) is 4.90 Å². The molecule has 0 unspecified atom stereocenters. The van der Waals surface area contributed by atoms with Crippen LogP contribution in [0.25, 0.3) is 0 Å². The Morgan fingerprint density at radius 3 is 2.22 bits per heavy atom. The number of carbonyl (C=O) groups excluding carboxylic acids is 1. The van der Waals surface area contributed by atoms with Crippen LogP contribution < -0.4 is 0 Å². The van der Waals surface area contributed by atoms with Gasteiger partial charge in [0.05, 0.1) is 2.74 Å². The van der Waals surface area contributed by atoms with Crippen molar-refractivity contribution in [2.45, 2.75) is 37.8 Å². The second-order valence-corrected chi connectivity index (χ2v) is 6.38. The van der Waals surface area contributed by atoms with Crippen molar-refractivity contribution >= 4 is 5.97 Å². The average molecular weight is 377 g/mol. The fourth-order valence-corrected chi connectivity index (χ4v) is 3.24. The number of nitrogens with zero attached hydrogens (tertiary/aromatic N) is 1. The van der Waals surface area contributed by atoms with Gasteiger partial charge in [-0.2, -0.15) is 0 Å². The van der Waals surface area contributed by atoms with Crippen LogP contribution in [-0.2, 0) is 19.9 Å². The lowest BCUT2D eigenvalue weighted by Gasteiger charge is -2.36. The number of carbonyl (C=O) groups is 1. The van der Waals surface area contributed by atoms with E-state index in [4.69, 9.17) is 21.8 Å². The van der Waals surface area contributed by atoms with Crippen molar-refractivity contribution < 1.29 is 26.6 Å². The van der Waals surface area contributed by atoms with E-state index in [9.17, 15) is 4.79 Å². The van der Waals surface area contributed by atoms with Gasteiger partial charge in [0.25, 0.3) is 0 Å². The summed E-state index contributed by atoms with van der Waals surface area (Å²) in [5.41, 5.74) is -2.04. The highest BCUT2D eigenvalue weighted by molar-refractivity contribution is 5.86. The van der Waals surface area contributed by atoms with Gasteiger partial charge in [0, 0.05) is 29.2 Å². The summed E-state index contributed by atoms with van der Waals surface area (Å²) < 4.78 is 82.1. The Hall–Kier alpha value is -2.17. The van der Waals surface area contributed by atoms with E-state index in [-0.39, 0.29) is 11.1 Å². The average Bonchev–Trinajstić information content (AvgIpc) is 2.83. The Balaban J connectivity index is 2.10. The van der Waals surface area contributed by atoms with Gasteiger partial charge in [-0.1, -0.05) is 67.5 Å². The van der Waals surface area contributed by atoms with Crippen molar-refractivity contribution in [1.29, 1.82) is 0 Å². The smallest absolute Gasteiger partial charge is 0.348 e. The Morgan fingerprint density at radius 2 is 1.70 bits per heavy atom. The molecule has 0 bridgehead atoms. The molecule has 4 nitrogen and oxygen atoms in total. The lowest BCUT2D eigenvalue weighted by Crippen LogP contribution is -2.45. The zero-order valence-corrected chi connectivity index (χ0v) is 14.9. The van der Waals surface area contributed by atoms with E-state index in [0.717, 1.165) is 0 Å². The highest BCUT2D eigenvalue weighted by Crippen LogP contribution is 2.36. The summed E-state index contributed by atoms with van der Waals surface area (Å²) in [6.45, 7) is -7.29. The Kier molecular flexibility index (Phi) is 3.72. The van der Waals surface area contributed by atoms with Gasteiger partial charge in [-0.05, 0) is 37.3 Å². The van der Waals surface area contributed by atoms with E-state index >= 15 is 0 Å². The monoisotopic (exact) mass is 376 g/mol. The molecule has 3 rings (SSSR count). The van der Waals surface area contributed by atoms with Gasteiger partial charge in [0.1, 0.15) is 6.10 Å². The number of hydrogen-bond donors (Lipinski definition) is 0. The topological polar surface area (TPSA) is 38.8 Å². The Morgan fingerprint density at radius 1 is 1.11 bits per heavy atom. The standard InChI is InChI=1S/C23H29NO3/c1-3-18-26-23(19-10-6-4-7-11-19,20-12-8-5-9-13-20)22(25)27-21-14-16-24(2)17-15-21/h4-13,21H,3,14-18H2,1-2H3/i1D3,2D2,3D2,18D2. The van der Waals surface area contributed by atoms with Crippen molar-refractivity contribution in [3.63, 3.8) is 0 Å². The molecule has 0 amide bonds. The van der Waals surface area contributed by atoms with Crippen LogP contribution in [0.5, 0.6) is 0 Å². The molecule has 1 fully saturated rings. The van der Waals surface area contributed by atoms with Crippen molar-refractivity contribution in [2.24, 2.45) is 0 Å². The second-order valence-electron chi connectivity index (χ2n) is 6.38. The molecule has 0 aliphatic carbocycles. The third-order valence-electron chi connectivity index (χ3n) is 4.65. The number of hydrogen-bond acceptors (Lipinski definition) is 4. The van der Waals surface area contributed by atoms with Crippen LogP contribution in [0, 0.1) is 0 Å². The summed E-state index contributed by atoms with van der Waals surface area (Å²) in [6, 6.07) is 15.7. The van der Waals surface area contributed by atoms with Crippen LogP contribution in [-0.4, -0.2) is 43.6 Å². The maximum atomic E-state index is 13.9. The first kappa shape index (κ1) is 11.0. The quantitative estimate of drug-likeness (QED) is 0.685. The van der Waals surface area contributed by atoms with E-state index in [1.807, 2.05) is 0 Å². The summed E-state index contributed by atoms with van der Waals surface area (Å²) in [7, 11) is 0. The second kappa shape index (κ2) is 9.16. The van der Waals surface area contributed by atoms with Gasteiger partial charge in [-0.15, -0.1) is 0 Å². The predicted molar refractivity (Wildman–Crippen MR) is 107 cm³/mol. The first-order chi connectivity index (χ1) is 16.7. The molecule has 1 aliphatic heterocycles. The van der Waals surface area contributed by atoms with E-state index in [1.165, 1.54) is 24.3 Å². The summed E-state index contributed by atoms with van der Waals surface area (Å²) in [5, 5.41) is 0. The van der Waals surface area contributed by atoms with Crippen molar-refractivity contribution in [2.75, 3.05) is 26.6 Å². The van der Waals surface area contributed by atoms with Crippen molar-refractivity contribution in [3.05, 3.63) is 71.8 Å². The van der Waals surface area contributed by atoms with Crippen LogP contribution >= 0.6 is 0 Å². The predicted octanol–water partition coefficient (Wildman–Crippen LogP) is 3.99. The van der Waals surface area contributed by atoms with Gasteiger partial charge in [0.15, 0.2) is 0 Å². The number of rotatable bonds is 7. The fraction of sp³-hybridized carbons (Fsp3) is 0.435. The van der Waals surface area contributed by atoms with E-state index in [0.29, 0.717) is 25.9 Å². The number of piperidine rings is 1. The Labute approximate surface area is 174 Å². The molecule has 0 spiro atoms. The molecular formula is C23H29NO3. The molecule has 1 heterocycles. The normalized spacial score (nSPS) is 22.8. The largest absolute Gasteiger partial charge is 0.460 e. The van der Waals surface area contributed by atoms with Gasteiger partial charge >= 0.3 is 5.97 Å². The maximum Gasteiger partial charge on any atom is 0.348 e. The van der Waals surface area contributed by atoms with E-state index in [2.05, 4.69) is 0 Å². The molecule has 0 saturated carbocycles. The minimum atomic E-state index is -3.47. The Bertz CT molecular complexity index is 969. The highest BCUT2D eigenvalue weighted by Gasteiger charge is 2.46. The van der Waals surface area contributed by atoms with Crippen LogP contribution in [0.4, 0.5) is 0 Å². The molecule has 144 valence electrons. The number of ether oxygens (including phenoxy) is 2. The minimum absolute atomic E-state index is 0.140. The minimum Gasteiger partial charge on any atom is -0.460 e. The molecule has 0 atom stereocenters. The molecule has 0 N–H and O–H groups in total. The molecule has 1 aliphatic rings. The first-order valence-corrected chi connectivity index (χ1v) is 8.83. The molecule has 0 aromatic heterocycles. The molecule has 0 radical (unpaired) electrons. The lowest BCUT2D eigenvalue weighted by molar-refractivity contribution is -0.176. The van der Waals surface area contributed by atoms with Gasteiger partial charge in [-0.25, -0.2) is 4.79 Å². The van der Waals surface area contributed by atoms with E-state index in [1.54, 1.807) is 41.3 Å². The molecule has 1 saturated heterocycles. The van der Waals surface area contributed by atoms with Crippen LogP contribution in [0.2, 0.25) is 0 Å². The summed E-state index contributed by atoms with van der Waals surface area (Å²) in [4.78, 5) is 15.5. The van der Waals surface area contributed by atoms with Crippen LogP contribution in [0.1, 0.15) is 49.5 Å². The summed E-state index contributed by atoms with van der Waals surface area (Å²) >= 11 is 0. The van der Waals surface area contributed by atoms with Gasteiger partial charge in [-0.3, -0.25) is 0 Å². The van der Waals surface area contributed by atoms with Crippen LogP contribution in [0.15, 0.2) is 60.7 Å². The van der Waals surface area contributed by atoms with Crippen molar-refractivity contribution in [3.8, 4) is 0 Å². The summed E-state index contributed by atoms with van der Waals surface area (Å²) in [5.74, 6) is -1.02. The highest BCUT2D eigenvalue weighted by atomic mass is 16.6. The maximum absolute atomic E-state index is 13.9. The number of esters is 1. The fourth-order valence-electron chi connectivity index (χ4n) is 3.24.